The van der Waals surface area contributed by atoms with Gasteiger partial charge in [0.2, 0.25) is 0 Å². The Balaban J connectivity index is 0.999. The number of hydrogen-bond donors (Lipinski definition) is 0. The van der Waals surface area contributed by atoms with Crippen LogP contribution in [0.1, 0.15) is 110 Å². The van der Waals surface area contributed by atoms with Crippen molar-refractivity contribution in [1.82, 2.24) is 13.7 Å². The highest BCUT2D eigenvalue weighted by Gasteiger charge is 2.44. The molecule has 8 unspecified atom stereocenters. The summed E-state index contributed by atoms with van der Waals surface area (Å²) in [5, 5.41) is 0. The minimum Gasteiger partial charge on any atom is -0.466 e. The fraction of sp³-hybridized carbons (Fsp3) is 0.838. The van der Waals surface area contributed by atoms with E-state index in [0.29, 0.717) is 37.9 Å². The Hall–Kier alpha value is -3.30. The number of aromatic nitrogens is 3. The molecule has 2 aliphatic carbocycles. The molecule has 0 amide bonds. The average Bonchev–Trinajstić information content (AvgIpc) is 4.05. The summed E-state index contributed by atoms with van der Waals surface area (Å²) in [6, 6.07) is 0. The number of carbonyl (C=O) groups is 3. The first-order chi connectivity index (χ1) is 25.2. The lowest BCUT2D eigenvalue weighted by molar-refractivity contribution is -0.152. The lowest BCUT2D eigenvalue weighted by atomic mass is 9.90. The Kier molecular flexibility index (Phi) is 13.4. The molecule has 3 saturated heterocycles. The van der Waals surface area contributed by atoms with Crippen molar-refractivity contribution in [3.63, 3.8) is 0 Å². The zero-order valence-electron chi connectivity index (χ0n) is 30.4. The molecule has 15 heteroatoms. The van der Waals surface area contributed by atoms with Crippen LogP contribution in [0.4, 0.5) is 0 Å². The van der Waals surface area contributed by atoms with Gasteiger partial charge in [0.15, 0.2) is 0 Å². The van der Waals surface area contributed by atoms with Crippen LogP contribution in [0.5, 0.6) is 0 Å². The minimum atomic E-state index is -0.813. The predicted octanol–water partition coefficient (Wildman–Crippen LogP) is 2.62. The zero-order valence-corrected chi connectivity index (χ0v) is 30.4. The monoisotopic (exact) mass is 733 g/mol. The summed E-state index contributed by atoms with van der Waals surface area (Å²) in [7, 11) is 0. The van der Waals surface area contributed by atoms with Gasteiger partial charge in [0.25, 0.3) is 0 Å². The number of rotatable bonds is 21. The first-order valence-electron chi connectivity index (χ1n) is 19.6. The van der Waals surface area contributed by atoms with Crippen molar-refractivity contribution in [3.05, 3.63) is 31.5 Å². The summed E-state index contributed by atoms with van der Waals surface area (Å²) < 4.78 is 36.0. The highest BCUT2D eigenvalue weighted by Crippen LogP contribution is 2.40. The van der Waals surface area contributed by atoms with Crippen molar-refractivity contribution >= 4 is 17.9 Å². The van der Waals surface area contributed by atoms with Gasteiger partial charge in [-0.15, -0.1) is 0 Å². The molecule has 5 aliphatic rings. The normalized spacial score (nSPS) is 28.6. The van der Waals surface area contributed by atoms with E-state index in [9.17, 15) is 28.8 Å². The maximum Gasteiger partial charge on any atom is 0.336 e. The van der Waals surface area contributed by atoms with E-state index in [1.165, 1.54) is 0 Å². The average molecular weight is 734 g/mol. The summed E-state index contributed by atoms with van der Waals surface area (Å²) in [6.45, 7) is 2.66. The van der Waals surface area contributed by atoms with E-state index in [0.717, 1.165) is 71.5 Å². The molecule has 3 aliphatic heterocycles. The number of carbonyl (C=O) groups excluding carboxylic acids is 3. The molecule has 0 radical (unpaired) electrons. The first-order valence-corrected chi connectivity index (χ1v) is 19.6. The van der Waals surface area contributed by atoms with Crippen LogP contribution in [-0.2, 0) is 62.4 Å². The van der Waals surface area contributed by atoms with Gasteiger partial charge in [-0.2, -0.15) is 0 Å². The van der Waals surface area contributed by atoms with Crippen LogP contribution in [0.3, 0.4) is 0 Å². The number of epoxide rings is 2. The summed E-state index contributed by atoms with van der Waals surface area (Å²) in [5.74, 6) is -0.746. The molecule has 52 heavy (non-hydrogen) atoms. The third-order valence-electron chi connectivity index (χ3n) is 11.1. The standard InChI is InChI=1S/C37H55N3O12/c1-2-6-26-21-27(50-26)14-18-47-32(41)7-3-15-38-35(44)39(16-4-8-33(42)48-22-24-10-12-28-30(19-24)51-28)37(46)40(36(38)45)17-5-9-34(43)49-23-25-11-13-29-31(20-25)52-29/h24-31H,2-23H2,1H3. The lowest BCUT2D eigenvalue weighted by Gasteiger charge is -2.35. The molecule has 1 aromatic rings. The Morgan fingerprint density at radius 1 is 0.577 bits per heavy atom. The molecule has 0 spiro atoms. The van der Waals surface area contributed by atoms with Gasteiger partial charge in [-0.1, -0.05) is 13.3 Å². The zero-order chi connectivity index (χ0) is 36.6. The summed E-state index contributed by atoms with van der Waals surface area (Å²) in [5.41, 5.74) is -2.44. The maximum absolute atomic E-state index is 13.5. The van der Waals surface area contributed by atoms with E-state index in [1.807, 2.05) is 0 Å². The number of esters is 3. The highest BCUT2D eigenvalue weighted by atomic mass is 16.6. The SMILES string of the molecule is CCCC1CC(CCOC(=O)CCCn2c(=O)n(CCCC(=O)OCC3CCC4OC4C3)c(=O)n(CCCC(=O)OCC3CCC4OC4C3)c2=O)O1. The molecule has 0 bridgehead atoms. The van der Waals surface area contributed by atoms with Crippen molar-refractivity contribution in [3.8, 4) is 0 Å². The molecule has 5 fully saturated rings. The van der Waals surface area contributed by atoms with Crippen LogP contribution in [0.25, 0.3) is 0 Å². The van der Waals surface area contributed by atoms with Crippen molar-refractivity contribution in [1.29, 1.82) is 0 Å². The van der Waals surface area contributed by atoms with Crippen LogP contribution < -0.4 is 17.1 Å². The number of ether oxygens (including phenoxy) is 6. The van der Waals surface area contributed by atoms with E-state index in [2.05, 4.69) is 6.92 Å². The summed E-state index contributed by atoms with van der Waals surface area (Å²) >= 11 is 0. The quantitative estimate of drug-likeness (QED) is 0.103. The molecule has 4 heterocycles. The maximum atomic E-state index is 13.5. The molecular formula is C37H55N3O12. The van der Waals surface area contributed by atoms with E-state index in [-0.39, 0.29) is 94.9 Å². The van der Waals surface area contributed by atoms with Gasteiger partial charge in [0, 0.05) is 45.3 Å². The number of nitrogens with zero attached hydrogens (tertiary/aromatic N) is 3. The molecule has 290 valence electrons. The smallest absolute Gasteiger partial charge is 0.336 e. The molecule has 2 saturated carbocycles. The Labute approximate surface area is 303 Å². The third-order valence-corrected chi connectivity index (χ3v) is 11.1. The van der Waals surface area contributed by atoms with Crippen molar-refractivity contribution < 1.29 is 42.8 Å². The second-order valence-corrected chi connectivity index (χ2v) is 15.2. The predicted molar refractivity (Wildman–Crippen MR) is 185 cm³/mol. The molecule has 15 nitrogen and oxygen atoms in total. The second kappa shape index (κ2) is 18.2. The fourth-order valence-corrected chi connectivity index (χ4v) is 7.87. The van der Waals surface area contributed by atoms with Gasteiger partial charge >= 0.3 is 35.0 Å². The number of fused-ring (bicyclic) bond motifs is 2. The molecule has 1 aromatic heterocycles. The van der Waals surface area contributed by atoms with Gasteiger partial charge in [0.05, 0.1) is 56.4 Å². The van der Waals surface area contributed by atoms with E-state index in [1.54, 1.807) is 0 Å². The van der Waals surface area contributed by atoms with Gasteiger partial charge in [-0.05, 0) is 82.5 Å². The highest BCUT2D eigenvalue weighted by molar-refractivity contribution is 5.69. The third kappa shape index (κ3) is 10.6. The van der Waals surface area contributed by atoms with Crippen molar-refractivity contribution in [2.75, 3.05) is 19.8 Å². The van der Waals surface area contributed by atoms with Gasteiger partial charge in [0.1, 0.15) is 0 Å². The van der Waals surface area contributed by atoms with Gasteiger partial charge in [-0.3, -0.25) is 14.4 Å². The summed E-state index contributed by atoms with van der Waals surface area (Å²) in [4.78, 5) is 77.8. The van der Waals surface area contributed by atoms with Crippen LogP contribution in [-0.4, -0.2) is 88.1 Å². The van der Waals surface area contributed by atoms with Gasteiger partial charge < -0.3 is 28.4 Å². The minimum absolute atomic E-state index is 0.00234. The molecule has 8 atom stereocenters. The van der Waals surface area contributed by atoms with Crippen LogP contribution in [0, 0.1) is 11.8 Å². The largest absolute Gasteiger partial charge is 0.466 e. The topological polar surface area (TPSA) is 179 Å². The van der Waals surface area contributed by atoms with E-state index < -0.39 is 35.0 Å². The van der Waals surface area contributed by atoms with Crippen LogP contribution >= 0.6 is 0 Å². The number of hydrogen-bond acceptors (Lipinski definition) is 12. The van der Waals surface area contributed by atoms with Crippen molar-refractivity contribution in [2.45, 2.75) is 166 Å². The van der Waals surface area contributed by atoms with Gasteiger partial charge in [-0.25, -0.2) is 28.1 Å². The first kappa shape index (κ1) is 38.4. The molecule has 6 rings (SSSR count). The van der Waals surface area contributed by atoms with Crippen LogP contribution in [0.2, 0.25) is 0 Å². The molecule has 0 N–H and O–H groups in total. The Morgan fingerprint density at radius 3 is 1.42 bits per heavy atom. The Bertz CT molecular complexity index is 1490. The second-order valence-electron chi connectivity index (χ2n) is 15.2. The lowest BCUT2D eigenvalue weighted by Crippen LogP contribution is -2.54. The fourth-order valence-electron chi connectivity index (χ4n) is 7.87. The molecule has 0 aromatic carbocycles. The molecular weight excluding hydrogens is 678 g/mol. The summed E-state index contributed by atoms with van der Waals surface area (Å²) in [6.07, 6.45) is 11.4. The van der Waals surface area contributed by atoms with E-state index >= 15 is 0 Å². The van der Waals surface area contributed by atoms with Crippen molar-refractivity contribution in [2.24, 2.45) is 11.8 Å². The van der Waals surface area contributed by atoms with Crippen LogP contribution in [0.15, 0.2) is 14.4 Å². The van der Waals surface area contributed by atoms with E-state index in [4.69, 9.17) is 28.4 Å². The Morgan fingerprint density at radius 2 is 1.00 bits per heavy atom.